The summed E-state index contributed by atoms with van der Waals surface area (Å²) in [7, 11) is 0. The van der Waals surface area contributed by atoms with Crippen LogP contribution in [0.15, 0.2) is 17.8 Å². The van der Waals surface area contributed by atoms with E-state index >= 15 is 0 Å². The molecular weight excluding hydrogens is 262 g/mol. The molecule has 1 N–H and O–H groups in total. The van der Waals surface area contributed by atoms with Crippen molar-refractivity contribution in [1.82, 2.24) is 9.97 Å². The quantitative estimate of drug-likeness (QED) is 0.909. The minimum atomic E-state index is -0.673. The second-order valence-electron chi connectivity index (χ2n) is 5.22. The normalized spacial score (nSPS) is 29.3. The zero-order valence-electron chi connectivity index (χ0n) is 10.2. The molecule has 2 bridgehead atoms. The molecule has 2 aromatic rings. The first-order chi connectivity index (χ1) is 9.25. The topological polar surface area (TPSA) is 66.3 Å². The highest BCUT2D eigenvalue weighted by molar-refractivity contribution is 7.17. The number of carboxylic acid groups (broad SMARTS) is 1. The van der Waals surface area contributed by atoms with Gasteiger partial charge in [0.1, 0.15) is 6.33 Å². The lowest BCUT2D eigenvalue weighted by molar-refractivity contribution is -0.142. The molecule has 2 aliphatic rings. The van der Waals surface area contributed by atoms with Gasteiger partial charge in [-0.1, -0.05) is 0 Å². The Kier molecular flexibility index (Phi) is 2.29. The SMILES string of the molecule is O=C(O)C1CC2CCC1N2c1ncnc2ccsc12. The number of hydrogen-bond donors (Lipinski definition) is 1. The van der Waals surface area contributed by atoms with Gasteiger partial charge in [-0.05, 0) is 30.7 Å². The van der Waals surface area contributed by atoms with E-state index in [4.69, 9.17) is 0 Å². The zero-order chi connectivity index (χ0) is 13.0. The Balaban J connectivity index is 1.81. The van der Waals surface area contributed by atoms with Crippen molar-refractivity contribution in [3.05, 3.63) is 17.8 Å². The summed E-state index contributed by atoms with van der Waals surface area (Å²) in [6, 6.07) is 2.41. The molecule has 98 valence electrons. The summed E-state index contributed by atoms with van der Waals surface area (Å²) < 4.78 is 1.07. The van der Waals surface area contributed by atoms with Crippen LogP contribution in [-0.2, 0) is 4.79 Å². The zero-order valence-corrected chi connectivity index (χ0v) is 11.0. The van der Waals surface area contributed by atoms with Crippen molar-refractivity contribution in [2.24, 2.45) is 5.92 Å². The summed E-state index contributed by atoms with van der Waals surface area (Å²) in [6.07, 6.45) is 4.36. The van der Waals surface area contributed by atoms with Crippen molar-refractivity contribution in [1.29, 1.82) is 0 Å². The van der Waals surface area contributed by atoms with Crippen LogP contribution in [0.4, 0.5) is 5.82 Å². The fourth-order valence-electron chi connectivity index (χ4n) is 3.54. The Bertz CT molecular complexity index is 656. The van der Waals surface area contributed by atoms with Crippen molar-refractivity contribution < 1.29 is 9.90 Å². The molecule has 4 rings (SSSR count). The van der Waals surface area contributed by atoms with Crippen LogP contribution in [0.2, 0.25) is 0 Å². The van der Waals surface area contributed by atoms with E-state index in [1.807, 2.05) is 11.4 Å². The molecular formula is C13H13N3O2S. The highest BCUT2D eigenvalue weighted by Gasteiger charge is 2.50. The van der Waals surface area contributed by atoms with E-state index in [0.29, 0.717) is 6.04 Å². The smallest absolute Gasteiger partial charge is 0.308 e. The number of fused-ring (bicyclic) bond motifs is 3. The van der Waals surface area contributed by atoms with Gasteiger partial charge in [0.25, 0.3) is 0 Å². The number of carboxylic acids is 1. The number of aliphatic carboxylic acids is 1. The summed E-state index contributed by atoms with van der Waals surface area (Å²) in [4.78, 5) is 22.2. The second kappa shape index (κ2) is 3.90. The van der Waals surface area contributed by atoms with Crippen molar-refractivity contribution in [3.8, 4) is 0 Å². The molecule has 5 nitrogen and oxygen atoms in total. The van der Waals surface area contributed by atoms with Crippen LogP contribution in [-0.4, -0.2) is 33.1 Å². The Morgan fingerprint density at radius 3 is 3.11 bits per heavy atom. The number of rotatable bonds is 2. The average molecular weight is 275 g/mol. The molecule has 0 aliphatic carbocycles. The molecule has 2 aliphatic heterocycles. The van der Waals surface area contributed by atoms with E-state index in [-0.39, 0.29) is 12.0 Å². The van der Waals surface area contributed by atoms with Crippen LogP contribution in [0.1, 0.15) is 19.3 Å². The van der Waals surface area contributed by atoms with E-state index in [1.54, 1.807) is 17.7 Å². The van der Waals surface area contributed by atoms with Crippen LogP contribution in [0.3, 0.4) is 0 Å². The molecule has 2 fully saturated rings. The Labute approximate surface area is 113 Å². The molecule has 6 heteroatoms. The van der Waals surface area contributed by atoms with Gasteiger partial charge < -0.3 is 10.0 Å². The summed E-state index contributed by atoms with van der Waals surface area (Å²) in [6.45, 7) is 0. The van der Waals surface area contributed by atoms with Crippen LogP contribution in [0.5, 0.6) is 0 Å². The summed E-state index contributed by atoms with van der Waals surface area (Å²) >= 11 is 1.63. The number of nitrogens with zero attached hydrogens (tertiary/aromatic N) is 3. The highest BCUT2D eigenvalue weighted by atomic mass is 32.1. The van der Waals surface area contributed by atoms with Crippen LogP contribution < -0.4 is 4.90 Å². The van der Waals surface area contributed by atoms with Gasteiger partial charge in [0.2, 0.25) is 0 Å². The first-order valence-electron chi connectivity index (χ1n) is 6.45. The standard InChI is InChI=1S/C13H13N3O2S/c17-13(18)8-5-7-1-2-10(8)16(7)12-11-9(3-4-19-11)14-6-15-12/h3-4,6-8,10H,1-2,5H2,(H,17,18). The van der Waals surface area contributed by atoms with Crippen LogP contribution in [0.25, 0.3) is 10.2 Å². The molecule has 0 saturated carbocycles. The third kappa shape index (κ3) is 1.49. The summed E-state index contributed by atoms with van der Waals surface area (Å²) in [5, 5.41) is 11.3. The lowest BCUT2D eigenvalue weighted by Crippen LogP contribution is -2.33. The Hall–Kier alpha value is -1.69. The molecule has 0 amide bonds. The maximum absolute atomic E-state index is 11.3. The molecule has 0 aromatic carbocycles. The van der Waals surface area contributed by atoms with Crippen LogP contribution >= 0.6 is 11.3 Å². The molecule has 2 aromatic heterocycles. The van der Waals surface area contributed by atoms with Gasteiger partial charge >= 0.3 is 5.97 Å². The number of anilines is 1. The van der Waals surface area contributed by atoms with Gasteiger partial charge in [0, 0.05) is 12.1 Å². The number of hydrogen-bond acceptors (Lipinski definition) is 5. The first-order valence-corrected chi connectivity index (χ1v) is 7.33. The van der Waals surface area contributed by atoms with Gasteiger partial charge in [-0.2, -0.15) is 0 Å². The van der Waals surface area contributed by atoms with Crippen molar-refractivity contribution >= 4 is 33.3 Å². The minimum Gasteiger partial charge on any atom is -0.481 e. The van der Waals surface area contributed by atoms with Crippen molar-refractivity contribution in [2.75, 3.05) is 4.90 Å². The summed E-state index contributed by atoms with van der Waals surface area (Å²) in [5.74, 6) is 0.00802. The maximum atomic E-state index is 11.3. The lowest BCUT2D eigenvalue weighted by Gasteiger charge is -2.24. The van der Waals surface area contributed by atoms with E-state index < -0.39 is 5.97 Å². The summed E-state index contributed by atoms with van der Waals surface area (Å²) in [5.41, 5.74) is 0.952. The fourth-order valence-corrected chi connectivity index (χ4v) is 4.38. The lowest BCUT2D eigenvalue weighted by atomic mass is 9.89. The third-order valence-electron chi connectivity index (χ3n) is 4.32. The highest BCUT2D eigenvalue weighted by Crippen LogP contribution is 2.46. The fraction of sp³-hybridized carbons (Fsp3) is 0.462. The number of thiophene rings is 1. The largest absolute Gasteiger partial charge is 0.481 e. The predicted octanol–water partition coefficient (Wildman–Crippen LogP) is 2.13. The minimum absolute atomic E-state index is 0.0997. The van der Waals surface area contributed by atoms with Gasteiger partial charge in [-0.15, -0.1) is 11.3 Å². The van der Waals surface area contributed by atoms with Crippen molar-refractivity contribution in [2.45, 2.75) is 31.3 Å². The monoisotopic (exact) mass is 275 g/mol. The van der Waals surface area contributed by atoms with E-state index in [1.165, 1.54) is 0 Å². The maximum Gasteiger partial charge on any atom is 0.308 e. The second-order valence-corrected chi connectivity index (χ2v) is 6.13. The predicted molar refractivity (Wildman–Crippen MR) is 72.4 cm³/mol. The van der Waals surface area contributed by atoms with Crippen molar-refractivity contribution in [3.63, 3.8) is 0 Å². The number of aromatic nitrogens is 2. The molecule has 0 spiro atoms. The third-order valence-corrected chi connectivity index (χ3v) is 5.22. The van der Waals surface area contributed by atoms with Crippen LogP contribution in [0, 0.1) is 5.92 Å². The molecule has 4 heterocycles. The number of carbonyl (C=O) groups is 1. The van der Waals surface area contributed by atoms with E-state index in [0.717, 1.165) is 35.3 Å². The molecule has 3 unspecified atom stereocenters. The molecule has 2 saturated heterocycles. The first kappa shape index (κ1) is 11.2. The van der Waals surface area contributed by atoms with E-state index in [2.05, 4.69) is 14.9 Å². The molecule has 3 atom stereocenters. The average Bonchev–Trinajstić information content (AvgIpc) is 3.11. The Morgan fingerprint density at radius 1 is 1.42 bits per heavy atom. The van der Waals surface area contributed by atoms with Gasteiger partial charge in [-0.25, -0.2) is 9.97 Å². The van der Waals surface area contributed by atoms with Gasteiger partial charge in [-0.3, -0.25) is 4.79 Å². The molecule has 0 radical (unpaired) electrons. The van der Waals surface area contributed by atoms with E-state index in [9.17, 15) is 9.90 Å². The Morgan fingerprint density at radius 2 is 2.32 bits per heavy atom. The molecule has 19 heavy (non-hydrogen) atoms. The van der Waals surface area contributed by atoms with Gasteiger partial charge in [0.15, 0.2) is 5.82 Å². The van der Waals surface area contributed by atoms with Gasteiger partial charge in [0.05, 0.1) is 16.1 Å².